The first-order valence-corrected chi connectivity index (χ1v) is 13.3. The summed E-state index contributed by atoms with van der Waals surface area (Å²) in [6.07, 6.45) is 4.65. The smallest absolute Gasteiger partial charge is 0.233 e. The molecule has 0 saturated carbocycles. The predicted molar refractivity (Wildman–Crippen MR) is 139 cm³/mol. The maximum Gasteiger partial charge on any atom is 0.233 e. The number of primary amides is 1. The fraction of sp³-hybridized carbons (Fsp3) is 0.407. The number of likely N-dealkylation sites (tertiary alicyclic amines) is 1. The van der Waals surface area contributed by atoms with E-state index in [-0.39, 0.29) is 23.5 Å². The molecule has 1 saturated heterocycles. The van der Waals surface area contributed by atoms with E-state index < -0.39 is 0 Å². The van der Waals surface area contributed by atoms with Gasteiger partial charge in [0.25, 0.3) is 0 Å². The molecule has 2 aromatic carbocycles. The molecule has 1 aliphatic rings. The van der Waals surface area contributed by atoms with Crippen LogP contribution in [0.3, 0.4) is 0 Å². The molecule has 1 aliphatic heterocycles. The van der Waals surface area contributed by atoms with Gasteiger partial charge >= 0.3 is 0 Å². The van der Waals surface area contributed by atoms with Crippen LogP contribution in [0.1, 0.15) is 43.7 Å². The zero-order valence-electron chi connectivity index (χ0n) is 20.4. The summed E-state index contributed by atoms with van der Waals surface area (Å²) in [6, 6.07) is 16.8. The summed E-state index contributed by atoms with van der Waals surface area (Å²) >= 11 is 1.39. The quantitative estimate of drug-likeness (QED) is 0.448. The van der Waals surface area contributed by atoms with Crippen LogP contribution in [-0.4, -0.2) is 50.3 Å². The average molecular weight is 492 g/mol. The van der Waals surface area contributed by atoms with Crippen molar-refractivity contribution in [1.29, 1.82) is 0 Å². The molecule has 0 spiro atoms. The molecule has 0 atom stereocenters. The lowest BCUT2D eigenvalue weighted by atomic mass is 9.96. The highest BCUT2D eigenvalue weighted by molar-refractivity contribution is 7.99. The monoisotopic (exact) mass is 491 g/mol. The second-order valence-corrected chi connectivity index (χ2v) is 10.1. The minimum absolute atomic E-state index is 0.0410. The number of aromatic nitrogens is 3. The van der Waals surface area contributed by atoms with Crippen molar-refractivity contribution >= 4 is 23.6 Å². The summed E-state index contributed by atoms with van der Waals surface area (Å²) in [4.78, 5) is 26.1. The van der Waals surface area contributed by atoms with E-state index in [1.807, 2.05) is 21.6 Å². The van der Waals surface area contributed by atoms with E-state index in [9.17, 15) is 9.59 Å². The summed E-state index contributed by atoms with van der Waals surface area (Å²) in [5, 5.41) is 9.64. The summed E-state index contributed by atoms with van der Waals surface area (Å²) < 4.78 is 2.03. The molecule has 35 heavy (non-hydrogen) atoms. The lowest BCUT2D eigenvalue weighted by Crippen LogP contribution is -2.42. The Balaban J connectivity index is 1.54. The molecule has 7 nitrogen and oxygen atoms in total. The topological polar surface area (TPSA) is 94.1 Å². The standard InChI is InChI=1S/C27H33N5O2S/c1-3-4-5-20-8-12-23(13-9-20)32-26(22-10-6-19(2)7-11-22)29-30-27(32)35-18-24(33)31-16-14-21(15-17-31)25(28)34/h6-13,21H,3-5,14-18H2,1-2H3,(H2,28,34). The Kier molecular flexibility index (Phi) is 8.23. The van der Waals surface area contributed by atoms with Crippen LogP contribution in [0.2, 0.25) is 0 Å². The average Bonchev–Trinajstić information content (AvgIpc) is 3.30. The summed E-state index contributed by atoms with van der Waals surface area (Å²) in [5.41, 5.74) is 9.86. The van der Waals surface area contributed by atoms with Gasteiger partial charge in [-0.3, -0.25) is 14.2 Å². The number of hydrogen-bond donors (Lipinski definition) is 1. The van der Waals surface area contributed by atoms with Crippen LogP contribution in [0, 0.1) is 12.8 Å². The number of aryl methyl sites for hydroxylation is 2. The third-order valence-corrected chi connectivity index (χ3v) is 7.45. The number of piperidine rings is 1. The van der Waals surface area contributed by atoms with Crippen LogP contribution in [0.15, 0.2) is 53.7 Å². The van der Waals surface area contributed by atoms with Gasteiger partial charge in [-0.1, -0.05) is 67.1 Å². The number of rotatable bonds is 9. The maximum absolute atomic E-state index is 12.9. The molecule has 8 heteroatoms. The van der Waals surface area contributed by atoms with E-state index in [0.717, 1.165) is 23.5 Å². The Labute approximate surface area is 211 Å². The van der Waals surface area contributed by atoms with Crippen molar-refractivity contribution < 1.29 is 9.59 Å². The van der Waals surface area contributed by atoms with Crippen molar-refractivity contribution in [2.45, 2.75) is 51.1 Å². The van der Waals surface area contributed by atoms with Crippen LogP contribution < -0.4 is 5.73 Å². The molecular weight excluding hydrogens is 458 g/mol. The Morgan fingerprint density at radius 2 is 1.71 bits per heavy atom. The van der Waals surface area contributed by atoms with E-state index in [0.29, 0.717) is 31.1 Å². The number of hydrogen-bond acceptors (Lipinski definition) is 5. The van der Waals surface area contributed by atoms with Crippen molar-refractivity contribution in [2.75, 3.05) is 18.8 Å². The number of benzene rings is 2. The van der Waals surface area contributed by atoms with Gasteiger partial charge in [0.15, 0.2) is 11.0 Å². The molecule has 0 radical (unpaired) electrons. The van der Waals surface area contributed by atoms with Gasteiger partial charge in [-0.25, -0.2) is 0 Å². The maximum atomic E-state index is 12.9. The summed E-state index contributed by atoms with van der Waals surface area (Å²) in [6.45, 7) is 5.38. The molecule has 0 unspecified atom stereocenters. The molecule has 1 aromatic heterocycles. The van der Waals surface area contributed by atoms with Gasteiger partial charge in [0.05, 0.1) is 5.75 Å². The zero-order valence-corrected chi connectivity index (χ0v) is 21.3. The van der Waals surface area contributed by atoms with Crippen molar-refractivity contribution in [3.05, 3.63) is 59.7 Å². The molecular formula is C27H33N5O2S. The van der Waals surface area contributed by atoms with Crippen LogP contribution >= 0.6 is 11.8 Å². The number of carbonyl (C=O) groups is 2. The molecule has 3 aromatic rings. The minimum Gasteiger partial charge on any atom is -0.369 e. The molecule has 2 heterocycles. The van der Waals surface area contributed by atoms with Gasteiger partial charge < -0.3 is 10.6 Å². The van der Waals surface area contributed by atoms with Crippen LogP contribution in [0.5, 0.6) is 0 Å². The van der Waals surface area contributed by atoms with Crippen molar-refractivity contribution in [3.63, 3.8) is 0 Å². The van der Waals surface area contributed by atoms with Crippen LogP contribution in [0.25, 0.3) is 17.1 Å². The van der Waals surface area contributed by atoms with Gasteiger partial charge in [0.1, 0.15) is 0 Å². The lowest BCUT2D eigenvalue weighted by Gasteiger charge is -2.30. The van der Waals surface area contributed by atoms with E-state index in [1.165, 1.54) is 35.7 Å². The Bertz CT molecular complexity index is 1150. The number of nitrogens with zero attached hydrogens (tertiary/aromatic N) is 4. The molecule has 2 N–H and O–H groups in total. The van der Waals surface area contributed by atoms with Gasteiger partial charge in [-0.05, 0) is 50.3 Å². The normalized spacial score (nSPS) is 14.3. The first-order valence-electron chi connectivity index (χ1n) is 12.3. The number of thioether (sulfide) groups is 1. The van der Waals surface area contributed by atoms with Crippen molar-refractivity contribution in [3.8, 4) is 17.1 Å². The summed E-state index contributed by atoms with van der Waals surface area (Å²) in [7, 11) is 0. The van der Waals surface area contributed by atoms with Crippen molar-refractivity contribution in [2.24, 2.45) is 11.7 Å². The molecule has 0 aliphatic carbocycles. The van der Waals surface area contributed by atoms with Crippen LogP contribution in [-0.2, 0) is 16.0 Å². The van der Waals surface area contributed by atoms with Gasteiger partial charge in [0.2, 0.25) is 11.8 Å². The zero-order chi connectivity index (χ0) is 24.8. The van der Waals surface area contributed by atoms with E-state index in [1.54, 1.807) is 0 Å². The second kappa shape index (κ2) is 11.5. The highest BCUT2D eigenvalue weighted by Gasteiger charge is 2.26. The Hall–Kier alpha value is -3.13. The highest BCUT2D eigenvalue weighted by Crippen LogP contribution is 2.29. The minimum atomic E-state index is -0.274. The van der Waals surface area contributed by atoms with E-state index in [4.69, 9.17) is 5.73 Å². The third kappa shape index (κ3) is 6.11. The first-order chi connectivity index (χ1) is 17.0. The lowest BCUT2D eigenvalue weighted by molar-refractivity contribution is -0.132. The predicted octanol–water partition coefficient (Wildman–Crippen LogP) is 4.40. The fourth-order valence-corrected chi connectivity index (χ4v) is 5.16. The Morgan fingerprint density at radius 1 is 1.03 bits per heavy atom. The van der Waals surface area contributed by atoms with Gasteiger partial charge in [-0.2, -0.15) is 0 Å². The number of carbonyl (C=O) groups excluding carboxylic acids is 2. The largest absolute Gasteiger partial charge is 0.369 e. The number of nitrogens with two attached hydrogens (primary N) is 1. The first kappa shape index (κ1) is 25.0. The highest BCUT2D eigenvalue weighted by atomic mass is 32.2. The second-order valence-electron chi connectivity index (χ2n) is 9.12. The number of amides is 2. The van der Waals surface area contributed by atoms with Gasteiger partial charge in [-0.15, -0.1) is 10.2 Å². The van der Waals surface area contributed by atoms with Gasteiger partial charge in [0, 0.05) is 30.3 Å². The molecule has 184 valence electrons. The molecule has 2 amide bonds. The van der Waals surface area contributed by atoms with Crippen molar-refractivity contribution in [1.82, 2.24) is 19.7 Å². The SMILES string of the molecule is CCCCc1ccc(-n2c(SCC(=O)N3CCC(C(N)=O)CC3)nnc2-c2ccc(C)cc2)cc1. The third-order valence-electron chi connectivity index (χ3n) is 6.53. The molecule has 0 bridgehead atoms. The number of unbranched alkanes of at least 4 members (excludes halogenated alkanes) is 1. The van der Waals surface area contributed by atoms with E-state index in [2.05, 4.69) is 60.4 Å². The van der Waals surface area contributed by atoms with E-state index >= 15 is 0 Å². The summed E-state index contributed by atoms with van der Waals surface area (Å²) in [5.74, 6) is 0.654. The Morgan fingerprint density at radius 3 is 2.34 bits per heavy atom. The molecule has 1 fully saturated rings. The molecule has 4 rings (SSSR count). The van der Waals surface area contributed by atoms with Crippen LogP contribution in [0.4, 0.5) is 0 Å². The fourth-order valence-electron chi connectivity index (χ4n) is 4.31.